The highest BCUT2D eigenvalue weighted by molar-refractivity contribution is 5.92. The van der Waals surface area contributed by atoms with Crippen LogP contribution < -0.4 is 5.73 Å². The molecule has 0 aromatic heterocycles. The van der Waals surface area contributed by atoms with E-state index in [4.69, 9.17) is 5.73 Å². The van der Waals surface area contributed by atoms with E-state index < -0.39 is 0 Å². The summed E-state index contributed by atoms with van der Waals surface area (Å²) in [5.74, 6) is -0.0648. The molecule has 0 saturated heterocycles. The fourth-order valence-corrected chi connectivity index (χ4v) is 0.504. The summed E-state index contributed by atoms with van der Waals surface area (Å²) in [6.07, 6.45) is 0.684. The zero-order chi connectivity index (χ0) is 8.15. The molecule has 0 aromatic carbocycles. The molecule has 0 rings (SSSR count). The van der Waals surface area contributed by atoms with Gasteiger partial charge in [0.25, 0.3) is 0 Å². The lowest BCUT2D eigenvalue weighted by atomic mass is 10.2. The third kappa shape index (κ3) is 2.19. The van der Waals surface area contributed by atoms with Crippen LogP contribution in [-0.4, -0.2) is 24.5 Å². The number of amides is 1. The van der Waals surface area contributed by atoms with Crippen molar-refractivity contribution in [3.63, 3.8) is 0 Å². The van der Waals surface area contributed by atoms with E-state index in [1.807, 2.05) is 6.92 Å². The maximum absolute atomic E-state index is 11.1. The molecule has 0 unspecified atom stereocenters. The minimum atomic E-state index is -0.0648. The van der Waals surface area contributed by atoms with Crippen molar-refractivity contribution in [1.29, 1.82) is 0 Å². The van der Waals surface area contributed by atoms with Crippen molar-refractivity contribution in [2.45, 2.75) is 13.3 Å². The summed E-state index contributed by atoms with van der Waals surface area (Å²) in [5, 5.41) is 0. The number of nitrogens with zero attached hydrogens (tertiary/aromatic N) is 1. The summed E-state index contributed by atoms with van der Waals surface area (Å²) in [7, 11) is 1.66. The van der Waals surface area contributed by atoms with Gasteiger partial charge in [0.1, 0.15) is 0 Å². The first-order chi connectivity index (χ1) is 4.63. The van der Waals surface area contributed by atoms with Crippen LogP contribution in [0.2, 0.25) is 0 Å². The van der Waals surface area contributed by atoms with Crippen molar-refractivity contribution < 1.29 is 4.79 Å². The molecule has 0 aromatic rings. The smallest absolute Gasteiger partial charge is 0.249 e. The van der Waals surface area contributed by atoms with Crippen molar-refractivity contribution in [1.82, 2.24) is 4.90 Å². The van der Waals surface area contributed by atoms with Crippen LogP contribution in [0, 0.1) is 0 Å². The first kappa shape index (κ1) is 9.17. The molecule has 0 spiro atoms. The maximum atomic E-state index is 11.1. The molecule has 0 bridgehead atoms. The second kappa shape index (κ2) is 4.06. The van der Waals surface area contributed by atoms with E-state index in [1.54, 1.807) is 7.05 Å². The van der Waals surface area contributed by atoms with Crippen LogP contribution in [0.4, 0.5) is 0 Å². The van der Waals surface area contributed by atoms with Gasteiger partial charge in [-0.05, 0) is 6.42 Å². The van der Waals surface area contributed by atoms with Gasteiger partial charge in [0.05, 0.1) is 6.67 Å². The predicted molar refractivity (Wildman–Crippen MR) is 41.3 cm³/mol. The van der Waals surface area contributed by atoms with Crippen LogP contribution in [0.15, 0.2) is 12.2 Å². The summed E-state index contributed by atoms with van der Waals surface area (Å²) in [5.41, 5.74) is 5.83. The van der Waals surface area contributed by atoms with Gasteiger partial charge >= 0.3 is 0 Å². The molecule has 0 radical (unpaired) electrons. The van der Waals surface area contributed by atoms with Crippen molar-refractivity contribution in [3.8, 4) is 0 Å². The zero-order valence-corrected chi connectivity index (χ0v) is 6.55. The Morgan fingerprint density at radius 3 is 2.50 bits per heavy atom. The van der Waals surface area contributed by atoms with Gasteiger partial charge in [-0.15, -0.1) is 0 Å². The van der Waals surface area contributed by atoms with Crippen LogP contribution in [0.1, 0.15) is 13.3 Å². The largest absolute Gasteiger partial charge is 0.329 e. The molecular weight excluding hydrogens is 128 g/mol. The third-order valence-corrected chi connectivity index (χ3v) is 1.35. The van der Waals surface area contributed by atoms with E-state index >= 15 is 0 Å². The second-order valence-electron chi connectivity index (χ2n) is 2.14. The fraction of sp³-hybridized carbons (Fsp3) is 0.571. The van der Waals surface area contributed by atoms with Crippen molar-refractivity contribution in [2.24, 2.45) is 5.73 Å². The highest BCUT2D eigenvalue weighted by Gasteiger charge is 2.07. The summed E-state index contributed by atoms with van der Waals surface area (Å²) in [4.78, 5) is 12.5. The minimum absolute atomic E-state index is 0.0648. The molecule has 0 atom stereocenters. The molecule has 3 nitrogen and oxygen atoms in total. The predicted octanol–water partition coefficient (Wildman–Crippen LogP) is 0.327. The molecule has 58 valence electrons. The molecule has 1 amide bonds. The van der Waals surface area contributed by atoms with Crippen LogP contribution in [0.3, 0.4) is 0 Å². The lowest BCUT2D eigenvalue weighted by Crippen LogP contribution is -2.32. The van der Waals surface area contributed by atoms with Crippen LogP contribution in [0.25, 0.3) is 0 Å². The lowest BCUT2D eigenvalue weighted by Gasteiger charge is -2.14. The highest BCUT2D eigenvalue weighted by atomic mass is 16.2. The van der Waals surface area contributed by atoms with E-state index in [2.05, 4.69) is 6.58 Å². The molecular formula is C7H14N2O. The van der Waals surface area contributed by atoms with E-state index in [9.17, 15) is 4.79 Å². The first-order valence-corrected chi connectivity index (χ1v) is 3.26. The van der Waals surface area contributed by atoms with E-state index in [-0.39, 0.29) is 12.6 Å². The number of likely N-dealkylation sites (N-methyl/N-ethyl adjacent to an activating group) is 1. The Morgan fingerprint density at radius 2 is 2.20 bits per heavy atom. The van der Waals surface area contributed by atoms with Crippen molar-refractivity contribution >= 4 is 5.91 Å². The molecule has 0 aliphatic heterocycles. The number of hydrogen-bond donors (Lipinski definition) is 1. The normalized spacial score (nSPS) is 9.10. The van der Waals surface area contributed by atoms with Gasteiger partial charge < -0.3 is 10.6 Å². The standard InChI is InChI=1S/C7H14N2O/c1-4-6(2)7(10)9(3)5-8/h2,4-5,8H2,1,3H3. The minimum Gasteiger partial charge on any atom is -0.329 e. The van der Waals surface area contributed by atoms with Gasteiger partial charge in [-0.1, -0.05) is 13.5 Å². The Morgan fingerprint density at radius 1 is 1.70 bits per heavy atom. The number of hydrogen-bond acceptors (Lipinski definition) is 2. The van der Waals surface area contributed by atoms with Crippen LogP contribution >= 0.6 is 0 Å². The Balaban J connectivity index is 3.95. The maximum Gasteiger partial charge on any atom is 0.249 e. The summed E-state index contributed by atoms with van der Waals surface area (Å²) >= 11 is 0. The van der Waals surface area contributed by atoms with E-state index in [0.717, 1.165) is 0 Å². The Bertz CT molecular complexity index is 143. The Hall–Kier alpha value is -0.830. The zero-order valence-electron chi connectivity index (χ0n) is 6.55. The molecule has 3 heteroatoms. The molecule has 0 saturated carbocycles. The number of rotatable bonds is 3. The van der Waals surface area contributed by atoms with Crippen LogP contribution in [0.5, 0.6) is 0 Å². The molecule has 0 aliphatic rings. The van der Waals surface area contributed by atoms with Gasteiger partial charge in [0.2, 0.25) is 5.91 Å². The lowest BCUT2D eigenvalue weighted by molar-refractivity contribution is -0.125. The highest BCUT2D eigenvalue weighted by Crippen LogP contribution is 1.99. The van der Waals surface area contributed by atoms with Crippen molar-refractivity contribution in [3.05, 3.63) is 12.2 Å². The SMILES string of the molecule is C=C(CC)C(=O)N(C)CN. The molecule has 2 N–H and O–H groups in total. The Kier molecular flexibility index (Phi) is 3.72. The number of carbonyl (C=O) groups excluding carboxylic acids is 1. The van der Waals surface area contributed by atoms with Gasteiger partial charge in [0.15, 0.2) is 0 Å². The monoisotopic (exact) mass is 142 g/mol. The third-order valence-electron chi connectivity index (χ3n) is 1.35. The average molecular weight is 142 g/mol. The van der Waals surface area contributed by atoms with E-state index in [0.29, 0.717) is 12.0 Å². The first-order valence-electron chi connectivity index (χ1n) is 3.26. The van der Waals surface area contributed by atoms with Crippen molar-refractivity contribution in [2.75, 3.05) is 13.7 Å². The van der Waals surface area contributed by atoms with Gasteiger partial charge in [-0.3, -0.25) is 4.79 Å². The quantitative estimate of drug-likeness (QED) is 0.456. The molecule has 0 fully saturated rings. The number of nitrogens with two attached hydrogens (primary N) is 1. The summed E-state index contributed by atoms with van der Waals surface area (Å²) in [6, 6.07) is 0. The van der Waals surface area contributed by atoms with Gasteiger partial charge in [0, 0.05) is 12.6 Å². The molecule has 0 heterocycles. The summed E-state index contributed by atoms with van der Waals surface area (Å²) < 4.78 is 0. The topological polar surface area (TPSA) is 46.3 Å². The fourth-order valence-electron chi connectivity index (χ4n) is 0.504. The molecule has 0 aliphatic carbocycles. The molecule has 10 heavy (non-hydrogen) atoms. The van der Waals surface area contributed by atoms with Gasteiger partial charge in [-0.2, -0.15) is 0 Å². The second-order valence-corrected chi connectivity index (χ2v) is 2.14. The van der Waals surface area contributed by atoms with Gasteiger partial charge in [-0.25, -0.2) is 0 Å². The van der Waals surface area contributed by atoms with E-state index in [1.165, 1.54) is 4.90 Å². The number of carbonyl (C=O) groups is 1. The summed E-state index contributed by atoms with van der Waals surface area (Å²) in [6.45, 7) is 5.74. The Labute approximate surface area is 61.5 Å². The van der Waals surface area contributed by atoms with Crippen LogP contribution in [-0.2, 0) is 4.79 Å². The average Bonchev–Trinajstić information content (AvgIpc) is 2.00.